The van der Waals surface area contributed by atoms with Crippen LogP contribution in [0.4, 0.5) is 18.9 Å². The number of carbonyl (C=O) groups is 1. The number of sulfonamides is 1. The lowest BCUT2D eigenvalue weighted by atomic mass is 10.1. The first-order valence-corrected chi connectivity index (χ1v) is 11.2. The summed E-state index contributed by atoms with van der Waals surface area (Å²) in [4.78, 5) is 15.5. The highest BCUT2D eigenvalue weighted by Gasteiger charge is 2.36. The summed E-state index contributed by atoms with van der Waals surface area (Å²) in [6.45, 7) is 0.140. The first kappa shape index (κ1) is 23.4. The van der Waals surface area contributed by atoms with Crippen molar-refractivity contribution in [2.45, 2.75) is 11.1 Å². The van der Waals surface area contributed by atoms with Crippen molar-refractivity contribution < 1.29 is 26.4 Å². The van der Waals surface area contributed by atoms with Gasteiger partial charge in [-0.05, 0) is 42.5 Å². The lowest BCUT2D eigenvalue weighted by Crippen LogP contribution is -2.50. The quantitative estimate of drug-likeness (QED) is 0.678. The fraction of sp³-hybridized carbons (Fsp3) is 0.350. The zero-order valence-electron chi connectivity index (χ0n) is 16.9. The second-order valence-corrected chi connectivity index (χ2v) is 9.59. The molecule has 0 radical (unpaired) electrons. The minimum absolute atomic E-state index is 0.0452. The lowest BCUT2D eigenvalue weighted by Gasteiger charge is -2.34. The van der Waals surface area contributed by atoms with Crippen molar-refractivity contribution in [2.24, 2.45) is 0 Å². The second-order valence-electron chi connectivity index (χ2n) is 7.28. The Morgan fingerprint density at radius 3 is 2.10 bits per heavy atom. The summed E-state index contributed by atoms with van der Waals surface area (Å²) in [6.07, 6.45) is -4.69. The third-order valence-corrected chi connectivity index (χ3v) is 7.41. The number of hydrogen-bond donors (Lipinski definition) is 0. The predicted octanol–water partition coefficient (Wildman–Crippen LogP) is 3.57. The van der Waals surface area contributed by atoms with Gasteiger partial charge in [-0.3, -0.25) is 4.79 Å². The molecule has 0 aromatic heterocycles. The van der Waals surface area contributed by atoms with Crippen molar-refractivity contribution in [1.29, 1.82) is 0 Å². The van der Waals surface area contributed by atoms with Crippen LogP contribution in [0.25, 0.3) is 0 Å². The monoisotopic (exact) mass is 475 g/mol. The highest BCUT2D eigenvalue weighted by Crippen LogP contribution is 2.34. The third kappa shape index (κ3) is 4.97. The molecular weight excluding hydrogens is 455 g/mol. The van der Waals surface area contributed by atoms with Crippen LogP contribution in [0, 0.1) is 0 Å². The number of anilines is 1. The summed E-state index contributed by atoms with van der Waals surface area (Å²) < 4.78 is 65.9. The minimum Gasteiger partial charge on any atom is -0.378 e. The number of nitrogens with zero attached hydrogens (tertiary/aromatic N) is 3. The van der Waals surface area contributed by atoms with Crippen LogP contribution in [-0.4, -0.2) is 63.8 Å². The van der Waals surface area contributed by atoms with Gasteiger partial charge in [0, 0.05) is 51.5 Å². The number of halogens is 4. The van der Waals surface area contributed by atoms with Gasteiger partial charge < -0.3 is 9.80 Å². The molecule has 0 N–H and O–H groups in total. The zero-order chi connectivity index (χ0) is 23.0. The van der Waals surface area contributed by atoms with Gasteiger partial charge in [0.1, 0.15) is 4.90 Å². The third-order valence-electron chi connectivity index (χ3n) is 5.03. The van der Waals surface area contributed by atoms with Crippen molar-refractivity contribution in [3.05, 3.63) is 58.6 Å². The fourth-order valence-corrected chi connectivity index (χ4v) is 5.16. The Morgan fingerprint density at radius 1 is 1.00 bits per heavy atom. The Kier molecular flexibility index (Phi) is 6.54. The van der Waals surface area contributed by atoms with Crippen LogP contribution in [0.1, 0.15) is 15.9 Å². The Bertz CT molecular complexity index is 1070. The van der Waals surface area contributed by atoms with Gasteiger partial charge >= 0.3 is 6.18 Å². The van der Waals surface area contributed by atoms with Crippen molar-refractivity contribution >= 4 is 33.2 Å². The van der Waals surface area contributed by atoms with Crippen molar-refractivity contribution in [3.63, 3.8) is 0 Å². The molecule has 0 saturated carbocycles. The molecule has 1 amide bonds. The molecule has 1 fully saturated rings. The molecule has 1 aliphatic heterocycles. The summed E-state index contributed by atoms with van der Waals surface area (Å²) in [5, 5.41) is -0.285. The number of hydrogen-bond acceptors (Lipinski definition) is 4. The highest BCUT2D eigenvalue weighted by atomic mass is 35.5. The predicted molar refractivity (Wildman–Crippen MR) is 112 cm³/mol. The number of carbonyl (C=O) groups excluding carboxylic acids is 1. The largest absolute Gasteiger partial charge is 0.416 e. The lowest BCUT2D eigenvalue weighted by molar-refractivity contribution is -0.137. The van der Waals surface area contributed by atoms with E-state index in [0.717, 1.165) is 22.1 Å². The molecule has 0 bridgehead atoms. The average Bonchev–Trinajstić information content (AvgIpc) is 2.72. The van der Waals surface area contributed by atoms with Crippen LogP contribution in [-0.2, 0) is 16.2 Å². The summed E-state index contributed by atoms with van der Waals surface area (Å²) in [5.74, 6) is -0.237. The molecule has 11 heteroatoms. The number of piperazine rings is 1. The Labute approximate surface area is 183 Å². The van der Waals surface area contributed by atoms with Gasteiger partial charge in [-0.15, -0.1) is 0 Å². The molecule has 1 aliphatic rings. The molecular formula is C20H21ClF3N3O3S. The summed E-state index contributed by atoms with van der Waals surface area (Å²) in [5.41, 5.74) is 0.318. The average molecular weight is 476 g/mol. The van der Waals surface area contributed by atoms with Crippen molar-refractivity contribution in [2.75, 3.05) is 45.2 Å². The molecule has 0 spiro atoms. The molecule has 1 heterocycles. The van der Waals surface area contributed by atoms with E-state index in [9.17, 15) is 26.4 Å². The van der Waals surface area contributed by atoms with E-state index >= 15 is 0 Å². The molecule has 3 rings (SSSR count). The first-order chi connectivity index (χ1) is 14.4. The van der Waals surface area contributed by atoms with E-state index in [2.05, 4.69) is 0 Å². The van der Waals surface area contributed by atoms with E-state index in [1.165, 1.54) is 4.90 Å². The van der Waals surface area contributed by atoms with E-state index in [4.69, 9.17) is 11.6 Å². The fourth-order valence-electron chi connectivity index (χ4n) is 3.23. The number of benzene rings is 2. The van der Waals surface area contributed by atoms with E-state index in [0.29, 0.717) is 11.6 Å². The van der Waals surface area contributed by atoms with Gasteiger partial charge in [0.05, 0.1) is 10.6 Å². The van der Waals surface area contributed by atoms with Gasteiger partial charge in [0.25, 0.3) is 5.91 Å². The van der Waals surface area contributed by atoms with Crippen LogP contribution >= 0.6 is 11.6 Å². The Morgan fingerprint density at radius 2 is 1.58 bits per heavy atom. The van der Waals surface area contributed by atoms with E-state index in [1.54, 1.807) is 12.1 Å². The van der Waals surface area contributed by atoms with Crippen LogP contribution in [0.2, 0.25) is 5.02 Å². The number of amides is 1. The zero-order valence-corrected chi connectivity index (χ0v) is 18.4. The first-order valence-electron chi connectivity index (χ1n) is 9.35. The van der Waals surface area contributed by atoms with Gasteiger partial charge in [-0.1, -0.05) is 11.6 Å². The maximum atomic E-state index is 13.0. The van der Waals surface area contributed by atoms with Crippen LogP contribution in [0.3, 0.4) is 0 Å². The number of alkyl halides is 3. The van der Waals surface area contributed by atoms with Crippen molar-refractivity contribution in [1.82, 2.24) is 9.21 Å². The SMILES string of the molecule is CN(C)c1ccc(C(=O)N2CCN(S(=O)(=O)c3cc(C(F)(F)F)ccc3Cl)CC2)cc1. The summed E-state index contributed by atoms with van der Waals surface area (Å²) >= 11 is 5.90. The van der Waals surface area contributed by atoms with E-state index in [1.807, 2.05) is 31.1 Å². The highest BCUT2D eigenvalue weighted by molar-refractivity contribution is 7.89. The van der Waals surface area contributed by atoms with E-state index in [-0.39, 0.29) is 37.1 Å². The maximum absolute atomic E-state index is 13.0. The molecule has 31 heavy (non-hydrogen) atoms. The molecule has 0 aliphatic carbocycles. The maximum Gasteiger partial charge on any atom is 0.416 e. The smallest absolute Gasteiger partial charge is 0.378 e. The van der Waals surface area contributed by atoms with Gasteiger partial charge in [0.2, 0.25) is 10.0 Å². The topological polar surface area (TPSA) is 60.9 Å². The van der Waals surface area contributed by atoms with E-state index < -0.39 is 26.7 Å². The van der Waals surface area contributed by atoms with Gasteiger partial charge in [0.15, 0.2) is 0 Å². The summed E-state index contributed by atoms with van der Waals surface area (Å²) in [6, 6.07) is 9.22. The summed E-state index contributed by atoms with van der Waals surface area (Å²) in [7, 11) is -0.482. The number of rotatable bonds is 4. The normalized spacial score (nSPS) is 15.7. The van der Waals surface area contributed by atoms with Crippen LogP contribution < -0.4 is 4.90 Å². The molecule has 0 atom stereocenters. The van der Waals surface area contributed by atoms with Gasteiger partial charge in [-0.25, -0.2) is 8.42 Å². The molecule has 0 unspecified atom stereocenters. The van der Waals surface area contributed by atoms with Crippen molar-refractivity contribution in [3.8, 4) is 0 Å². The molecule has 6 nitrogen and oxygen atoms in total. The molecule has 1 saturated heterocycles. The molecule has 2 aromatic rings. The van der Waals surface area contributed by atoms with Gasteiger partial charge in [-0.2, -0.15) is 17.5 Å². The standard InChI is InChI=1S/C20H21ClF3N3O3S/c1-25(2)16-6-3-14(4-7-16)19(28)26-9-11-27(12-10-26)31(29,30)18-13-15(20(22,23)24)5-8-17(18)21/h3-8,13H,9-12H2,1-2H3. The molecule has 2 aromatic carbocycles. The Balaban J connectivity index is 1.73. The Hall–Kier alpha value is -2.30. The second kappa shape index (κ2) is 8.68. The van der Waals surface area contributed by atoms with Crippen LogP contribution in [0.15, 0.2) is 47.4 Å². The molecule has 168 valence electrons. The van der Waals surface area contributed by atoms with Crippen LogP contribution in [0.5, 0.6) is 0 Å². The minimum atomic E-state index is -4.69.